The molecule has 0 aliphatic heterocycles. The largest absolute Gasteiger partial charge is 0.496 e. The average Bonchev–Trinajstić information content (AvgIpc) is 3.62. The fourth-order valence-electron chi connectivity index (χ4n) is 4.69. The molecule has 3 aromatic carbocycles. The molecule has 1 aromatic heterocycles. The molecule has 1 saturated carbocycles. The normalized spacial score (nSPS) is 13.4. The van der Waals surface area contributed by atoms with Crippen molar-refractivity contribution >= 4 is 29.1 Å². The summed E-state index contributed by atoms with van der Waals surface area (Å²) in [5.74, 6) is 2.19. The Morgan fingerprint density at radius 3 is 2.32 bits per heavy atom. The van der Waals surface area contributed by atoms with E-state index in [1.165, 1.54) is 18.4 Å². The first-order chi connectivity index (χ1) is 18.6. The number of ether oxygens (including phenoxy) is 3. The number of carbonyl (C=O) groups is 1. The molecule has 1 fully saturated rings. The first-order valence-electron chi connectivity index (χ1n) is 12.6. The number of hydrogen-bond donors (Lipinski definition) is 1. The van der Waals surface area contributed by atoms with Gasteiger partial charge in [0.05, 0.1) is 25.9 Å². The molecule has 1 N–H and O–H groups in total. The van der Waals surface area contributed by atoms with E-state index in [0.717, 1.165) is 61.6 Å². The highest BCUT2D eigenvalue weighted by atomic mass is 32.2. The monoisotopic (exact) mass is 546 g/mol. The van der Waals surface area contributed by atoms with Crippen molar-refractivity contribution in [3.63, 3.8) is 0 Å². The number of carboxylic acid groups (broad SMARTS) is 1. The quantitative estimate of drug-likeness (QED) is 0.201. The molecule has 0 spiro atoms. The molecule has 5 rings (SSSR count). The highest BCUT2D eigenvalue weighted by Gasteiger charge is 2.20. The molecule has 0 unspecified atom stereocenters. The summed E-state index contributed by atoms with van der Waals surface area (Å²) in [5.41, 5.74) is 3.52. The van der Waals surface area contributed by atoms with Crippen molar-refractivity contribution in [3.8, 4) is 38.1 Å². The third-order valence-corrected chi connectivity index (χ3v) is 9.08. The number of methoxy groups -OCH3 is 2. The lowest BCUT2D eigenvalue weighted by Crippen LogP contribution is -2.11. The van der Waals surface area contributed by atoms with Crippen LogP contribution in [0.1, 0.15) is 41.6 Å². The number of rotatable bonds is 10. The number of benzene rings is 3. The van der Waals surface area contributed by atoms with Gasteiger partial charge in [-0.1, -0.05) is 24.3 Å². The van der Waals surface area contributed by atoms with Gasteiger partial charge in [0.2, 0.25) is 0 Å². The van der Waals surface area contributed by atoms with Crippen LogP contribution in [0.15, 0.2) is 77.7 Å². The summed E-state index contributed by atoms with van der Waals surface area (Å²) < 4.78 is 17.5. The Morgan fingerprint density at radius 2 is 1.61 bits per heavy atom. The van der Waals surface area contributed by atoms with Gasteiger partial charge in [0.25, 0.3) is 0 Å². The Kier molecular flexibility index (Phi) is 8.25. The van der Waals surface area contributed by atoms with E-state index in [0.29, 0.717) is 0 Å². The van der Waals surface area contributed by atoms with Crippen molar-refractivity contribution in [2.45, 2.75) is 42.4 Å². The van der Waals surface area contributed by atoms with Crippen molar-refractivity contribution in [2.24, 2.45) is 0 Å². The summed E-state index contributed by atoms with van der Waals surface area (Å²) in [5, 5.41) is 9.35. The molecular weight excluding hydrogens is 516 g/mol. The van der Waals surface area contributed by atoms with Gasteiger partial charge < -0.3 is 19.3 Å². The SMILES string of the molecule is COc1ccc(-c2cc(CSc3ccccc3OC)c(-c3ccc(C(=O)O)cc3)s2)cc1OC1CCCC1. The molecule has 1 aliphatic carbocycles. The Balaban J connectivity index is 1.50. The molecule has 4 aromatic rings. The second kappa shape index (κ2) is 12.0. The number of hydrogen-bond acceptors (Lipinski definition) is 6. The number of thiophene rings is 1. The van der Waals surface area contributed by atoms with Gasteiger partial charge in [0.1, 0.15) is 5.75 Å². The molecule has 38 heavy (non-hydrogen) atoms. The maximum atomic E-state index is 11.4. The van der Waals surface area contributed by atoms with E-state index < -0.39 is 5.97 Å². The predicted molar refractivity (Wildman–Crippen MR) is 154 cm³/mol. The third kappa shape index (κ3) is 5.84. The molecule has 0 saturated heterocycles. The summed E-state index contributed by atoms with van der Waals surface area (Å²) in [6.45, 7) is 0. The molecule has 1 aliphatic rings. The van der Waals surface area contributed by atoms with Crippen LogP contribution in [-0.2, 0) is 5.75 Å². The van der Waals surface area contributed by atoms with Crippen LogP contribution >= 0.6 is 23.1 Å². The molecule has 5 nitrogen and oxygen atoms in total. The number of thioether (sulfide) groups is 1. The van der Waals surface area contributed by atoms with Gasteiger partial charge >= 0.3 is 5.97 Å². The summed E-state index contributed by atoms with van der Waals surface area (Å²) in [4.78, 5) is 14.7. The molecule has 196 valence electrons. The molecule has 0 amide bonds. The van der Waals surface area contributed by atoms with Crippen molar-refractivity contribution in [2.75, 3.05) is 14.2 Å². The van der Waals surface area contributed by atoms with Crippen molar-refractivity contribution < 1.29 is 24.1 Å². The fraction of sp³-hybridized carbons (Fsp3) is 0.258. The zero-order valence-electron chi connectivity index (χ0n) is 21.4. The van der Waals surface area contributed by atoms with Gasteiger partial charge in [-0.15, -0.1) is 23.1 Å². The Bertz CT molecular complexity index is 1400. The predicted octanol–water partition coefficient (Wildman–Crippen LogP) is 8.41. The summed E-state index contributed by atoms with van der Waals surface area (Å²) >= 11 is 3.43. The minimum absolute atomic E-state index is 0.235. The van der Waals surface area contributed by atoms with Crippen LogP contribution in [0.4, 0.5) is 0 Å². The van der Waals surface area contributed by atoms with E-state index in [1.54, 1.807) is 49.5 Å². The van der Waals surface area contributed by atoms with E-state index in [2.05, 4.69) is 24.3 Å². The van der Waals surface area contributed by atoms with Crippen molar-refractivity contribution in [3.05, 3.63) is 83.9 Å². The van der Waals surface area contributed by atoms with Gasteiger partial charge in [-0.2, -0.15) is 0 Å². The van der Waals surface area contributed by atoms with Crippen LogP contribution in [0.25, 0.3) is 20.9 Å². The Hall–Kier alpha value is -3.42. The van der Waals surface area contributed by atoms with Gasteiger partial charge in [0.15, 0.2) is 11.5 Å². The lowest BCUT2D eigenvalue weighted by atomic mass is 10.1. The maximum Gasteiger partial charge on any atom is 0.335 e. The first kappa shape index (κ1) is 26.2. The van der Waals surface area contributed by atoms with E-state index in [1.807, 2.05) is 36.4 Å². The van der Waals surface area contributed by atoms with Gasteiger partial charge in [-0.25, -0.2) is 4.79 Å². The summed E-state index contributed by atoms with van der Waals surface area (Å²) in [6, 6.07) is 23.5. The van der Waals surface area contributed by atoms with Crippen LogP contribution in [0, 0.1) is 0 Å². The van der Waals surface area contributed by atoms with Gasteiger partial charge in [-0.3, -0.25) is 0 Å². The first-order valence-corrected chi connectivity index (χ1v) is 14.4. The van der Waals surface area contributed by atoms with Crippen LogP contribution in [-0.4, -0.2) is 31.4 Å². The highest BCUT2D eigenvalue weighted by Crippen LogP contribution is 2.44. The lowest BCUT2D eigenvalue weighted by molar-refractivity contribution is 0.0697. The second-order valence-electron chi connectivity index (χ2n) is 9.18. The van der Waals surface area contributed by atoms with E-state index in [9.17, 15) is 9.90 Å². The Morgan fingerprint density at radius 1 is 0.895 bits per heavy atom. The van der Waals surface area contributed by atoms with Crippen LogP contribution in [0.3, 0.4) is 0 Å². The molecule has 1 heterocycles. The maximum absolute atomic E-state index is 11.4. The standard InChI is InChI=1S/C31H30O5S2/c1-34-25-16-15-22(17-27(25)36-24-7-3-4-8-24)29-18-23(19-37-28-10-6-5-9-26(28)35-2)30(38-29)20-11-13-21(14-12-20)31(32)33/h5-6,9-18,24H,3-4,7-8,19H2,1-2H3,(H,32,33). The minimum Gasteiger partial charge on any atom is -0.496 e. The smallest absolute Gasteiger partial charge is 0.335 e. The zero-order valence-corrected chi connectivity index (χ0v) is 23.1. The zero-order chi connectivity index (χ0) is 26.5. The number of aromatic carboxylic acids is 1. The third-order valence-electron chi connectivity index (χ3n) is 6.70. The van der Waals surface area contributed by atoms with E-state index >= 15 is 0 Å². The number of para-hydroxylation sites is 1. The van der Waals surface area contributed by atoms with Gasteiger partial charge in [0, 0.05) is 20.4 Å². The fourth-order valence-corrected chi connectivity index (χ4v) is 6.97. The molecule has 0 atom stereocenters. The van der Waals surface area contributed by atoms with E-state index in [4.69, 9.17) is 14.2 Å². The molecular formula is C31H30O5S2. The molecule has 0 radical (unpaired) electrons. The van der Waals surface area contributed by atoms with Crippen LogP contribution < -0.4 is 14.2 Å². The highest BCUT2D eigenvalue weighted by molar-refractivity contribution is 7.98. The lowest BCUT2D eigenvalue weighted by Gasteiger charge is -2.16. The summed E-state index contributed by atoms with van der Waals surface area (Å²) in [7, 11) is 3.36. The molecule has 7 heteroatoms. The second-order valence-corrected chi connectivity index (χ2v) is 11.2. The van der Waals surface area contributed by atoms with E-state index in [-0.39, 0.29) is 11.7 Å². The van der Waals surface area contributed by atoms with Crippen LogP contribution in [0.2, 0.25) is 0 Å². The summed E-state index contributed by atoms with van der Waals surface area (Å²) in [6.07, 6.45) is 4.79. The van der Waals surface area contributed by atoms with Crippen LogP contribution in [0.5, 0.6) is 17.2 Å². The molecule has 0 bridgehead atoms. The van der Waals surface area contributed by atoms with Crippen molar-refractivity contribution in [1.82, 2.24) is 0 Å². The topological polar surface area (TPSA) is 65.0 Å². The minimum atomic E-state index is -0.927. The van der Waals surface area contributed by atoms with Gasteiger partial charge in [-0.05, 0) is 90.9 Å². The van der Waals surface area contributed by atoms with Crippen molar-refractivity contribution in [1.29, 1.82) is 0 Å². The average molecular weight is 547 g/mol. The Labute approximate surface area is 231 Å². The number of carboxylic acids is 1.